The van der Waals surface area contributed by atoms with Gasteiger partial charge in [-0.3, -0.25) is 0 Å². The van der Waals surface area contributed by atoms with Crippen molar-refractivity contribution >= 4 is 5.97 Å². The zero-order valence-electron chi connectivity index (χ0n) is 7.91. The molecule has 0 atom stereocenters. The Hall–Kier alpha value is -1.59. The number of hydrogen-bond donors (Lipinski definition) is 0. The van der Waals surface area contributed by atoms with Gasteiger partial charge in [0.1, 0.15) is 0 Å². The van der Waals surface area contributed by atoms with Gasteiger partial charge in [0.25, 0.3) is 0 Å². The predicted octanol–water partition coefficient (Wildman–Crippen LogP) is 1.17. The quantitative estimate of drug-likeness (QED) is 0.553. The summed E-state index contributed by atoms with van der Waals surface area (Å²) in [6.45, 7) is -0.103. The second-order valence-electron chi connectivity index (χ2n) is 2.83. The third-order valence-corrected chi connectivity index (χ3v) is 1.76. The van der Waals surface area contributed by atoms with Crippen molar-refractivity contribution in [3.05, 3.63) is 30.1 Å². The summed E-state index contributed by atoms with van der Waals surface area (Å²) in [5.41, 5.74) is -0.747. The minimum Gasteiger partial charge on any atom is -0.464 e. The van der Waals surface area contributed by atoms with Gasteiger partial charge in [0, 0.05) is 12.1 Å². The average Bonchev–Trinajstić information content (AvgIpc) is 2.17. The third-order valence-electron chi connectivity index (χ3n) is 1.76. The molecule has 15 heavy (non-hydrogen) atoms. The summed E-state index contributed by atoms with van der Waals surface area (Å²) in [6.07, 6.45) is -2.00. The maximum atomic E-state index is 12.1. The zero-order chi connectivity index (χ0) is 11.5. The Labute approximate surface area is 84.1 Å². The first-order valence-electron chi connectivity index (χ1n) is 4.06. The van der Waals surface area contributed by atoms with Crippen LogP contribution in [0.2, 0.25) is 0 Å². The lowest BCUT2D eigenvalue weighted by Gasteiger charge is -2.04. The molecular weight excluding hydrogens is 211 g/mol. The number of halogens is 3. The predicted molar refractivity (Wildman–Crippen MR) is 43.7 cm³/mol. The smallest absolute Gasteiger partial charge is 0.416 e. The summed E-state index contributed by atoms with van der Waals surface area (Å²) in [5.74, 6) is -0.514. The number of pyridine rings is 1. The van der Waals surface area contributed by atoms with Crippen LogP contribution >= 0.6 is 0 Å². The Balaban J connectivity index is 2.77. The van der Waals surface area contributed by atoms with Crippen LogP contribution in [0.4, 0.5) is 13.2 Å². The minimum atomic E-state index is -4.36. The van der Waals surface area contributed by atoms with Crippen LogP contribution in [0, 0.1) is 0 Å². The van der Waals surface area contributed by atoms with E-state index in [0.29, 0.717) is 0 Å². The number of rotatable bonds is 2. The van der Waals surface area contributed by atoms with Crippen LogP contribution in [0.5, 0.6) is 0 Å². The van der Waals surface area contributed by atoms with Gasteiger partial charge in [-0.15, -0.1) is 0 Å². The number of aromatic nitrogens is 1. The highest BCUT2D eigenvalue weighted by atomic mass is 19.4. The van der Waals surface area contributed by atoms with Gasteiger partial charge in [-0.05, 0) is 0 Å². The average molecular weight is 220 g/mol. The molecule has 0 bridgehead atoms. The summed E-state index contributed by atoms with van der Waals surface area (Å²) >= 11 is 0. The number of methoxy groups -OCH3 is 1. The molecular formula is C9H9F3NO2+. The van der Waals surface area contributed by atoms with E-state index >= 15 is 0 Å². The summed E-state index contributed by atoms with van der Waals surface area (Å²) in [7, 11) is 1.22. The van der Waals surface area contributed by atoms with Crippen molar-refractivity contribution in [3.63, 3.8) is 0 Å². The lowest BCUT2D eigenvalue weighted by atomic mass is 10.2. The molecule has 6 heteroatoms. The maximum Gasteiger partial charge on any atom is 0.416 e. The molecule has 3 nitrogen and oxygen atoms in total. The van der Waals surface area contributed by atoms with Crippen LogP contribution in [0.25, 0.3) is 0 Å². The Morgan fingerprint density at radius 2 is 1.93 bits per heavy atom. The molecule has 0 spiro atoms. The van der Waals surface area contributed by atoms with Crippen molar-refractivity contribution in [2.45, 2.75) is 12.7 Å². The molecule has 0 aromatic carbocycles. The van der Waals surface area contributed by atoms with E-state index in [1.807, 2.05) is 0 Å². The van der Waals surface area contributed by atoms with E-state index in [2.05, 4.69) is 4.74 Å². The lowest BCUT2D eigenvalue weighted by molar-refractivity contribution is -0.686. The molecule has 0 amide bonds. The van der Waals surface area contributed by atoms with Gasteiger partial charge < -0.3 is 4.74 Å². The van der Waals surface area contributed by atoms with E-state index in [-0.39, 0.29) is 6.54 Å². The highest BCUT2D eigenvalue weighted by Gasteiger charge is 2.31. The number of alkyl halides is 3. The SMILES string of the molecule is COC(=O)C[n+]1ccc(C(F)(F)F)cc1. The Morgan fingerprint density at radius 3 is 2.33 bits per heavy atom. The first-order chi connectivity index (χ1) is 6.93. The Bertz CT molecular complexity index is 345. The summed E-state index contributed by atoms with van der Waals surface area (Å²) in [4.78, 5) is 10.8. The fourth-order valence-corrected chi connectivity index (χ4v) is 0.965. The lowest BCUT2D eigenvalue weighted by Crippen LogP contribution is -2.37. The molecule has 82 valence electrons. The largest absolute Gasteiger partial charge is 0.464 e. The second kappa shape index (κ2) is 4.29. The summed E-state index contributed by atoms with van der Waals surface area (Å²) < 4.78 is 42.1. The zero-order valence-corrected chi connectivity index (χ0v) is 7.91. The summed E-state index contributed by atoms with van der Waals surface area (Å²) in [5, 5.41) is 0. The van der Waals surface area contributed by atoms with E-state index in [1.165, 1.54) is 24.1 Å². The van der Waals surface area contributed by atoms with Crippen LogP contribution in [0.3, 0.4) is 0 Å². The molecule has 0 N–H and O–H groups in total. The minimum absolute atomic E-state index is 0.103. The molecule has 0 aliphatic carbocycles. The molecule has 0 radical (unpaired) electrons. The van der Waals surface area contributed by atoms with Gasteiger partial charge in [-0.25, -0.2) is 4.79 Å². The van der Waals surface area contributed by atoms with Gasteiger partial charge in [-0.1, -0.05) is 0 Å². The van der Waals surface area contributed by atoms with Gasteiger partial charge in [-0.2, -0.15) is 17.7 Å². The van der Waals surface area contributed by atoms with Gasteiger partial charge in [0.15, 0.2) is 12.4 Å². The number of carbonyl (C=O) groups is 1. The second-order valence-corrected chi connectivity index (χ2v) is 2.83. The number of ether oxygens (including phenoxy) is 1. The van der Waals surface area contributed by atoms with Crippen molar-refractivity contribution in [1.29, 1.82) is 0 Å². The molecule has 1 heterocycles. The van der Waals surface area contributed by atoms with E-state index in [9.17, 15) is 18.0 Å². The first kappa shape index (κ1) is 11.5. The fraction of sp³-hybridized carbons (Fsp3) is 0.333. The Morgan fingerprint density at radius 1 is 1.40 bits per heavy atom. The van der Waals surface area contributed by atoms with Crippen LogP contribution in [-0.2, 0) is 22.3 Å². The molecule has 0 fully saturated rings. The monoisotopic (exact) mass is 220 g/mol. The molecule has 0 saturated carbocycles. The van der Waals surface area contributed by atoms with Crippen LogP contribution in [0.15, 0.2) is 24.5 Å². The molecule has 1 rings (SSSR count). The Kier molecular flexibility index (Phi) is 3.28. The van der Waals surface area contributed by atoms with Crippen molar-refractivity contribution in [3.8, 4) is 0 Å². The third kappa shape index (κ3) is 3.23. The molecule has 1 aromatic heterocycles. The standard InChI is InChI=1S/C9H9F3NO2/c1-15-8(14)6-13-4-2-7(3-5-13)9(10,11)12/h2-5H,6H2,1H3/q+1. The van der Waals surface area contributed by atoms with Crippen LogP contribution in [-0.4, -0.2) is 13.1 Å². The molecule has 0 unspecified atom stereocenters. The van der Waals surface area contributed by atoms with Crippen molar-refractivity contribution < 1.29 is 27.3 Å². The highest BCUT2D eigenvalue weighted by molar-refractivity contribution is 5.67. The highest BCUT2D eigenvalue weighted by Crippen LogP contribution is 2.27. The normalized spacial score (nSPS) is 11.2. The molecule has 0 saturated heterocycles. The number of nitrogens with zero attached hydrogens (tertiary/aromatic N) is 1. The number of carbonyl (C=O) groups excluding carboxylic acids is 1. The molecule has 0 aliphatic heterocycles. The topological polar surface area (TPSA) is 30.2 Å². The van der Waals surface area contributed by atoms with Crippen molar-refractivity contribution in [1.82, 2.24) is 0 Å². The van der Waals surface area contributed by atoms with Crippen molar-refractivity contribution in [2.24, 2.45) is 0 Å². The fourth-order valence-electron chi connectivity index (χ4n) is 0.965. The molecule has 1 aromatic rings. The van der Waals surface area contributed by atoms with E-state index < -0.39 is 17.7 Å². The maximum absolute atomic E-state index is 12.1. The molecule has 0 aliphatic rings. The van der Waals surface area contributed by atoms with E-state index in [1.54, 1.807) is 0 Å². The van der Waals surface area contributed by atoms with Gasteiger partial charge in [0.05, 0.1) is 12.7 Å². The van der Waals surface area contributed by atoms with E-state index in [0.717, 1.165) is 12.1 Å². The van der Waals surface area contributed by atoms with Crippen molar-refractivity contribution in [2.75, 3.05) is 7.11 Å². The number of hydrogen-bond acceptors (Lipinski definition) is 2. The van der Waals surface area contributed by atoms with Crippen LogP contribution in [0.1, 0.15) is 5.56 Å². The van der Waals surface area contributed by atoms with Gasteiger partial charge >= 0.3 is 12.1 Å². The first-order valence-corrected chi connectivity index (χ1v) is 4.06. The van der Waals surface area contributed by atoms with Crippen LogP contribution < -0.4 is 4.57 Å². The number of esters is 1. The van der Waals surface area contributed by atoms with Gasteiger partial charge in [0.2, 0.25) is 6.54 Å². The summed E-state index contributed by atoms with van der Waals surface area (Å²) in [6, 6.07) is 1.81. The van der Waals surface area contributed by atoms with E-state index in [4.69, 9.17) is 0 Å².